The maximum absolute atomic E-state index is 13.4. The number of benzene rings is 1. The van der Waals surface area contributed by atoms with Gasteiger partial charge in [0.2, 0.25) is 11.8 Å². The lowest BCUT2D eigenvalue weighted by molar-refractivity contribution is -0.154. The monoisotopic (exact) mass is 428 g/mol. The highest BCUT2D eigenvalue weighted by atomic mass is 16.5. The number of ether oxygens (including phenoxy) is 3. The summed E-state index contributed by atoms with van der Waals surface area (Å²) in [5.41, 5.74) is -0.268. The number of nitrogens with one attached hydrogen (secondary N) is 1. The van der Waals surface area contributed by atoms with Crippen LogP contribution in [-0.2, 0) is 23.9 Å². The number of hydrogen-bond donors (Lipinski definition) is 1. The van der Waals surface area contributed by atoms with Crippen LogP contribution >= 0.6 is 0 Å². The number of esters is 1. The van der Waals surface area contributed by atoms with Gasteiger partial charge in [0, 0.05) is 5.69 Å². The number of hydrogen-bond acceptors (Lipinski definition) is 6. The van der Waals surface area contributed by atoms with Crippen molar-refractivity contribution in [2.75, 3.05) is 25.6 Å². The number of amides is 2. The molecule has 2 amide bonds. The minimum Gasteiger partial charge on any atom is -0.494 e. The summed E-state index contributed by atoms with van der Waals surface area (Å²) in [5.74, 6) is -1.74. The molecule has 0 saturated carbocycles. The predicted octanol–water partition coefficient (Wildman–Crippen LogP) is 2.00. The van der Waals surface area contributed by atoms with E-state index in [4.69, 9.17) is 14.2 Å². The Morgan fingerprint density at radius 1 is 1.29 bits per heavy atom. The molecule has 3 unspecified atom stereocenters. The van der Waals surface area contributed by atoms with E-state index in [0.717, 1.165) is 5.75 Å². The van der Waals surface area contributed by atoms with E-state index in [1.807, 2.05) is 32.9 Å². The molecule has 166 valence electrons. The van der Waals surface area contributed by atoms with Gasteiger partial charge < -0.3 is 24.4 Å². The molecule has 1 spiro atoms. The predicted molar refractivity (Wildman–Crippen MR) is 112 cm³/mol. The average Bonchev–Trinajstić information content (AvgIpc) is 3.38. The quantitative estimate of drug-likeness (QED) is 0.527. The minimum atomic E-state index is -0.885. The molecule has 3 heterocycles. The van der Waals surface area contributed by atoms with Gasteiger partial charge in [-0.3, -0.25) is 9.59 Å². The van der Waals surface area contributed by atoms with Crippen molar-refractivity contribution in [3.63, 3.8) is 0 Å². The van der Waals surface area contributed by atoms with Gasteiger partial charge >= 0.3 is 5.97 Å². The molecule has 4 rings (SSSR count). The Bertz CT molecular complexity index is 911. The van der Waals surface area contributed by atoms with Crippen LogP contribution in [0.5, 0.6) is 5.75 Å². The zero-order valence-corrected chi connectivity index (χ0v) is 18.2. The molecule has 1 N–H and O–H groups in total. The van der Waals surface area contributed by atoms with Crippen LogP contribution in [-0.4, -0.2) is 60.7 Å². The van der Waals surface area contributed by atoms with Crippen molar-refractivity contribution in [2.45, 2.75) is 38.5 Å². The largest absolute Gasteiger partial charge is 0.494 e. The summed E-state index contributed by atoms with van der Waals surface area (Å²) in [4.78, 5) is 40.5. The van der Waals surface area contributed by atoms with Crippen molar-refractivity contribution in [3.8, 4) is 5.75 Å². The smallest absolute Gasteiger partial charge is 0.328 e. The molecule has 3 aliphatic rings. The number of likely N-dealkylation sites (tertiary alicyclic amines) is 1. The summed E-state index contributed by atoms with van der Waals surface area (Å²) in [5, 5.41) is 2.90. The maximum Gasteiger partial charge on any atom is 0.328 e. The van der Waals surface area contributed by atoms with Gasteiger partial charge in [-0.2, -0.15) is 0 Å². The Kier molecular flexibility index (Phi) is 5.51. The van der Waals surface area contributed by atoms with Crippen LogP contribution in [0.15, 0.2) is 36.4 Å². The summed E-state index contributed by atoms with van der Waals surface area (Å²) in [6.45, 7) is 6.43. The lowest BCUT2D eigenvalue weighted by atomic mass is 9.76. The van der Waals surface area contributed by atoms with Crippen molar-refractivity contribution >= 4 is 23.5 Å². The Balaban J connectivity index is 1.56. The highest BCUT2D eigenvalue weighted by molar-refractivity contribution is 6.00. The molecular formula is C23H28N2O6. The van der Waals surface area contributed by atoms with E-state index in [0.29, 0.717) is 12.3 Å². The molecule has 5 atom stereocenters. The molecule has 2 saturated heterocycles. The second kappa shape index (κ2) is 8.00. The summed E-state index contributed by atoms with van der Waals surface area (Å²) >= 11 is 0. The van der Waals surface area contributed by atoms with Crippen LogP contribution in [0.4, 0.5) is 5.69 Å². The van der Waals surface area contributed by atoms with Gasteiger partial charge in [-0.25, -0.2) is 4.79 Å². The van der Waals surface area contributed by atoms with Crippen LogP contribution in [0, 0.1) is 17.8 Å². The van der Waals surface area contributed by atoms with Gasteiger partial charge in [-0.1, -0.05) is 26.0 Å². The Morgan fingerprint density at radius 2 is 2.00 bits per heavy atom. The number of fused-ring (bicyclic) bond motifs is 1. The van der Waals surface area contributed by atoms with E-state index < -0.39 is 35.6 Å². The van der Waals surface area contributed by atoms with Crippen LogP contribution in [0.25, 0.3) is 0 Å². The molecule has 31 heavy (non-hydrogen) atoms. The SMILES string of the molecule is CCOc1ccc(NC(=O)C2[C@@H]3C=CC4(CN(C(C(=O)OC)C(C)C)C(=O)[C@H]24)O3)cc1. The molecule has 2 fully saturated rings. The summed E-state index contributed by atoms with van der Waals surface area (Å²) in [6, 6.07) is 6.37. The van der Waals surface area contributed by atoms with E-state index >= 15 is 0 Å². The highest BCUT2D eigenvalue weighted by Gasteiger charge is 2.68. The fourth-order valence-electron chi connectivity index (χ4n) is 4.97. The molecule has 2 bridgehead atoms. The Morgan fingerprint density at radius 3 is 2.61 bits per heavy atom. The van der Waals surface area contributed by atoms with E-state index in [9.17, 15) is 14.4 Å². The Labute approximate surface area is 181 Å². The number of anilines is 1. The minimum absolute atomic E-state index is 0.135. The lowest BCUT2D eigenvalue weighted by Crippen LogP contribution is -2.48. The van der Waals surface area contributed by atoms with Crippen LogP contribution in [0.1, 0.15) is 20.8 Å². The van der Waals surface area contributed by atoms with Gasteiger partial charge in [0.25, 0.3) is 0 Å². The standard InChI is InChI=1S/C23H28N2O6/c1-5-30-15-8-6-14(7-9-15)24-20(26)17-16-10-11-23(31-16)12-25(21(27)18(17)23)19(13(2)3)22(28)29-4/h6-11,13,16-19H,5,12H2,1-4H3,(H,24,26)/t16-,17?,18-,19?,23?/m0/s1. The molecule has 0 radical (unpaired) electrons. The maximum atomic E-state index is 13.4. The van der Waals surface area contributed by atoms with Crippen molar-refractivity contribution in [1.82, 2.24) is 4.90 Å². The molecule has 1 aromatic rings. The van der Waals surface area contributed by atoms with Gasteiger partial charge in [0.1, 0.15) is 17.4 Å². The average molecular weight is 428 g/mol. The van der Waals surface area contributed by atoms with Crippen molar-refractivity contribution < 1.29 is 28.6 Å². The van der Waals surface area contributed by atoms with E-state index in [1.165, 1.54) is 12.0 Å². The van der Waals surface area contributed by atoms with E-state index in [1.54, 1.807) is 24.3 Å². The first-order valence-electron chi connectivity index (χ1n) is 10.6. The fourth-order valence-corrected chi connectivity index (χ4v) is 4.97. The van der Waals surface area contributed by atoms with Crippen LogP contribution in [0.3, 0.4) is 0 Å². The third kappa shape index (κ3) is 3.48. The fraction of sp³-hybridized carbons (Fsp3) is 0.522. The molecule has 0 aromatic heterocycles. The van der Waals surface area contributed by atoms with Crippen molar-refractivity contribution in [3.05, 3.63) is 36.4 Å². The van der Waals surface area contributed by atoms with Crippen LogP contribution in [0.2, 0.25) is 0 Å². The summed E-state index contributed by atoms with van der Waals surface area (Å²) in [7, 11) is 1.31. The van der Waals surface area contributed by atoms with Crippen molar-refractivity contribution in [2.24, 2.45) is 17.8 Å². The zero-order valence-electron chi connectivity index (χ0n) is 18.2. The number of carbonyl (C=O) groups is 3. The molecule has 1 aromatic carbocycles. The van der Waals surface area contributed by atoms with E-state index in [2.05, 4.69) is 5.32 Å². The van der Waals surface area contributed by atoms with Gasteiger partial charge in [0.15, 0.2) is 0 Å². The van der Waals surface area contributed by atoms with E-state index in [-0.39, 0.29) is 24.3 Å². The summed E-state index contributed by atoms with van der Waals surface area (Å²) in [6.07, 6.45) is 3.25. The topological polar surface area (TPSA) is 94.2 Å². The lowest BCUT2D eigenvalue weighted by Gasteiger charge is -2.30. The van der Waals surface area contributed by atoms with Gasteiger partial charge in [-0.15, -0.1) is 0 Å². The molecule has 8 heteroatoms. The first-order valence-corrected chi connectivity index (χ1v) is 10.6. The normalized spacial score (nSPS) is 29.3. The third-order valence-corrected chi connectivity index (χ3v) is 6.28. The molecular weight excluding hydrogens is 400 g/mol. The second-order valence-corrected chi connectivity index (χ2v) is 8.52. The molecule has 8 nitrogen and oxygen atoms in total. The van der Waals surface area contributed by atoms with Gasteiger partial charge in [-0.05, 0) is 37.1 Å². The molecule has 0 aliphatic carbocycles. The van der Waals surface area contributed by atoms with Crippen molar-refractivity contribution in [1.29, 1.82) is 0 Å². The highest BCUT2D eigenvalue weighted by Crippen LogP contribution is 2.52. The number of carbonyl (C=O) groups excluding carboxylic acids is 3. The van der Waals surface area contributed by atoms with Gasteiger partial charge in [0.05, 0.1) is 38.2 Å². The summed E-state index contributed by atoms with van der Waals surface area (Å²) < 4.78 is 16.5. The number of nitrogens with zero attached hydrogens (tertiary/aromatic N) is 1. The third-order valence-electron chi connectivity index (χ3n) is 6.28. The molecule has 3 aliphatic heterocycles. The number of rotatable bonds is 7. The Hall–Kier alpha value is -2.87. The first kappa shape index (κ1) is 21.4. The number of methoxy groups -OCH3 is 1. The first-order chi connectivity index (χ1) is 14.8. The zero-order chi connectivity index (χ0) is 22.3. The van der Waals surface area contributed by atoms with Crippen LogP contribution < -0.4 is 10.1 Å². The second-order valence-electron chi connectivity index (χ2n) is 8.52.